The first-order chi connectivity index (χ1) is 17.0. The van der Waals surface area contributed by atoms with Gasteiger partial charge in [-0.05, 0) is 87.8 Å². The van der Waals surface area contributed by atoms with Crippen molar-refractivity contribution < 1.29 is 19.7 Å². The third-order valence-corrected chi connectivity index (χ3v) is 12.3. The van der Waals surface area contributed by atoms with Crippen LogP contribution in [0.25, 0.3) is 0 Å². The molecule has 2 heterocycles. The molecule has 1 aromatic carbocycles. The Bertz CT molecular complexity index is 1090. The number of ether oxygens (including phenoxy) is 2. The Morgan fingerprint density at radius 3 is 2.58 bits per heavy atom. The number of phenolic OH excluding ortho intramolecular Hbond substituents is 1. The molecule has 0 amide bonds. The Hall–Kier alpha value is -1.30. The highest BCUT2D eigenvalue weighted by Crippen LogP contribution is 2.77. The van der Waals surface area contributed by atoms with Crippen LogP contribution in [0.4, 0.5) is 0 Å². The molecule has 36 heavy (non-hydrogen) atoms. The van der Waals surface area contributed by atoms with E-state index in [0.29, 0.717) is 11.8 Å². The average molecular weight is 496 g/mol. The maximum absolute atomic E-state index is 12.3. The first kappa shape index (κ1) is 23.8. The molecule has 0 aromatic heterocycles. The number of methoxy groups -OCH3 is 1. The molecule has 1 aromatic rings. The van der Waals surface area contributed by atoms with Crippen molar-refractivity contribution in [1.82, 2.24) is 4.90 Å². The normalized spacial score (nSPS) is 42.8. The minimum absolute atomic E-state index is 0.0131. The topological polar surface area (TPSA) is 62.2 Å². The summed E-state index contributed by atoms with van der Waals surface area (Å²) in [7, 11) is 1.84. The highest BCUT2D eigenvalue weighted by atomic mass is 16.6. The molecule has 7 atom stereocenters. The van der Waals surface area contributed by atoms with E-state index in [2.05, 4.69) is 31.7 Å². The number of rotatable bonds is 4. The predicted octanol–water partition coefficient (Wildman–Crippen LogP) is 5.19. The lowest BCUT2D eigenvalue weighted by Crippen LogP contribution is -2.81. The largest absolute Gasteiger partial charge is 0.504 e. The van der Waals surface area contributed by atoms with Gasteiger partial charge in [-0.15, -0.1) is 0 Å². The standard InChI is InChI=1S/C31H45NO4/c1-27(2,3)28(4,34)22-17-29-13-14-31(22,35-5)26-30(29)12-6-7-15-32(18-19-8-9-19)23(29)16-20-10-11-21(33)25(36-26)24(20)30/h10-11,19,22-23,26,33-34H,6-9,12-18H2,1-5H3/t22-,23-,26-,28+,29-,30+,31+/m1/s1. The monoisotopic (exact) mass is 495 g/mol. The molecule has 5 fully saturated rings. The fourth-order valence-electron chi connectivity index (χ4n) is 9.98. The third-order valence-electron chi connectivity index (χ3n) is 12.3. The van der Waals surface area contributed by atoms with Gasteiger partial charge in [0.25, 0.3) is 0 Å². The molecule has 198 valence electrons. The summed E-state index contributed by atoms with van der Waals surface area (Å²) in [5, 5.41) is 23.4. The van der Waals surface area contributed by atoms with Gasteiger partial charge in [0.1, 0.15) is 11.7 Å². The van der Waals surface area contributed by atoms with Gasteiger partial charge in [0.05, 0.1) is 5.60 Å². The van der Waals surface area contributed by atoms with Gasteiger partial charge in [-0.2, -0.15) is 0 Å². The number of benzene rings is 1. The molecule has 4 bridgehead atoms. The van der Waals surface area contributed by atoms with Gasteiger partial charge in [0.2, 0.25) is 0 Å². The van der Waals surface area contributed by atoms with Gasteiger partial charge in [-0.3, -0.25) is 4.90 Å². The summed E-state index contributed by atoms with van der Waals surface area (Å²) in [5.74, 6) is 1.80. The van der Waals surface area contributed by atoms with E-state index in [4.69, 9.17) is 9.47 Å². The highest BCUT2D eigenvalue weighted by molar-refractivity contribution is 5.63. The van der Waals surface area contributed by atoms with E-state index in [9.17, 15) is 10.2 Å². The summed E-state index contributed by atoms with van der Waals surface area (Å²) < 4.78 is 13.6. The first-order valence-corrected chi connectivity index (χ1v) is 14.6. The van der Waals surface area contributed by atoms with Crippen LogP contribution in [0.1, 0.15) is 90.2 Å². The van der Waals surface area contributed by atoms with E-state index >= 15 is 0 Å². The highest BCUT2D eigenvalue weighted by Gasteiger charge is 2.81. The smallest absolute Gasteiger partial charge is 0.165 e. The third kappa shape index (κ3) is 2.63. The zero-order valence-electron chi connectivity index (χ0n) is 22.9. The minimum atomic E-state index is -0.918. The first-order valence-electron chi connectivity index (χ1n) is 14.6. The van der Waals surface area contributed by atoms with Crippen molar-refractivity contribution in [1.29, 1.82) is 0 Å². The van der Waals surface area contributed by atoms with Crippen molar-refractivity contribution in [3.63, 3.8) is 0 Å². The average Bonchev–Trinajstić information content (AvgIpc) is 3.57. The number of fused-ring (bicyclic) bond motifs is 2. The molecule has 5 nitrogen and oxygen atoms in total. The quantitative estimate of drug-likeness (QED) is 0.602. The lowest BCUT2D eigenvalue weighted by molar-refractivity contribution is -0.306. The summed E-state index contributed by atoms with van der Waals surface area (Å²) >= 11 is 0. The van der Waals surface area contributed by atoms with Crippen molar-refractivity contribution in [3.8, 4) is 11.5 Å². The maximum atomic E-state index is 12.3. The maximum Gasteiger partial charge on any atom is 0.165 e. The number of likely N-dealkylation sites (tertiary alicyclic amines) is 1. The van der Waals surface area contributed by atoms with Crippen molar-refractivity contribution in [2.75, 3.05) is 20.2 Å². The molecular formula is C31H45NO4. The predicted molar refractivity (Wildman–Crippen MR) is 139 cm³/mol. The van der Waals surface area contributed by atoms with E-state index in [-0.39, 0.29) is 34.0 Å². The molecule has 1 saturated heterocycles. The zero-order chi connectivity index (χ0) is 25.3. The van der Waals surface area contributed by atoms with Crippen molar-refractivity contribution in [3.05, 3.63) is 23.3 Å². The number of phenols is 1. The van der Waals surface area contributed by atoms with Crippen molar-refractivity contribution in [2.24, 2.45) is 22.7 Å². The van der Waals surface area contributed by atoms with E-state index < -0.39 is 11.2 Å². The van der Waals surface area contributed by atoms with Gasteiger partial charge in [-0.1, -0.05) is 33.3 Å². The SMILES string of the molecule is CO[C@@]12CC[C@@]3(C[C@@H]1[C@](C)(O)C(C)(C)C)[C@H]1Cc4ccc(O)c5c4[C@@]3(CCCCN1CC1CC1)[C@H]2O5. The Kier molecular flexibility index (Phi) is 4.76. The van der Waals surface area contributed by atoms with Crippen LogP contribution in [0.5, 0.6) is 11.5 Å². The van der Waals surface area contributed by atoms with Gasteiger partial charge in [0.15, 0.2) is 11.5 Å². The zero-order valence-corrected chi connectivity index (χ0v) is 22.9. The van der Waals surface area contributed by atoms with Crippen LogP contribution in [-0.2, 0) is 16.6 Å². The Morgan fingerprint density at radius 2 is 1.89 bits per heavy atom. The fourth-order valence-corrected chi connectivity index (χ4v) is 9.98. The lowest BCUT2D eigenvalue weighted by atomic mass is 9.33. The van der Waals surface area contributed by atoms with Gasteiger partial charge in [-0.25, -0.2) is 0 Å². The number of nitrogens with zero attached hydrogens (tertiary/aromatic N) is 1. The molecule has 2 N–H and O–H groups in total. The van der Waals surface area contributed by atoms with Crippen LogP contribution >= 0.6 is 0 Å². The van der Waals surface area contributed by atoms with E-state index in [1.807, 2.05) is 20.1 Å². The second kappa shape index (κ2) is 7.21. The van der Waals surface area contributed by atoms with Gasteiger partial charge in [0, 0.05) is 42.0 Å². The Labute approximate surface area is 216 Å². The lowest BCUT2D eigenvalue weighted by Gasteiger charge is -2.74. The number of aliphatic hydroxyl groups is 1. The summed E-state index contributed by atoms with van der Waals surface area (Å²) in [6, 6.07) is 4.49. The molecule has 2 spiro atoms. The van der Waals surface area contributed by atoms with E-state index in [1.165, 1.54) is 49.9 Å². The Morgan fingerprint density at radius 1 is 1.11 bits per heavy atom. The number of hydrogen-bond donors (Lipinski definition) is 2. The summed E-state index contributed by atoms with van der Waals surface area (Å²) in [6.45, 7) is 10.9. The molecule has 4 saturated carbocycles. The molecule has 5 heteroatoms. The van der Waals surface area contributed by atoms with E-state index in [0.717, 1.165) is 38.0 Å². The van der Waals surface area contributed by atoms with Crippen LogP contribution in [-0.4, -0.2) is 58.7 Å². The molecule has 7 aliphatic rings. The van der Waals surface area contributed by atoms with Gasteiger partial charge < -0.3 is 19.7 Å². The van der Waals surface area contributed by atoms with Crippen LogP contribution in [0.3, 0.4) is 0 Å². The van der Waals surface area contributed by atoms with Crippen LogP contribution < -0.4 is 4.74 Å². The van der Waals surface area contributed by atoms with Crippen molar-refractivity contribution >= 4 is 0 Å². The van der Waals surface area contributed by atoms with Crippen LogP contribution in [0.15, 0.2) is 12.1 Å². The van der Waals surface area contributed by atoms with Crippen LogP contribution in [0, 0.1) is 22.7 Å². The molecule has 0 radical (unpaired) electrons. The number of hydrogen-bond acceptors (Lipinski definition) is 5. The molecule has 5 aliphatic carbocycles. The second-order valence-electron chi connectivity index (χ2n) is 14.5. The number of aromatic hydroxyl groups is 1. The molecule has 8 rings (SSSR count). The molecule has 2 aliphatic heterocycles. The summed E-state index contributed by atoms with van der Waals surface area (Å²) in [4.78, 5) is 2.87. The van der Waals surface area contributed by atoms with Gasteiger partial charge >= 0.3 is 0 Å². The molecule has 0 unspecified atom stereocenters. The van der Waals surface area contributed by atoms with Crippen LogP contribution in [0.2, 0.25) is 0 Å². The Balaban J connectivity index is 1.50. The summed E-state index contributed by atoms with van der Waals surface area (Å²) in [6.07, 6.45) is 10.0. The second-order valence-corrected chi connectivity index (χ2v) is 14.5. The summed E-state index contributed by atoms with van der Waals surface area (Å²) in [5.41, 5.74) is 0.726. The van der Waals surface area contributed by atoms with E-state index in [1.54, 1.807) is 0 Å². The minimum Gasteiger partial charge on any atom is -0.504 e. The fraction of sp³-hybridized carbons (Fsp3) is 0.806. The molecular weight excluding hydrogens is 450 g/mol. The van der Waals surface area contributed by atoms with Crippen molar-refractivity contribution in [2.45, 2.75) is 114 Å².